The molecule has 0 atom stereocenters. The fraction of sp³-hybridized carbons (Fsp3) is 0.174. The Hall–Kier alpha value is -3.52. The highest BCUT2D eigenvalue weighted by Crippen LogP contribution is 2.28. The number of benzene rings is 1. The summed E-state index contributed by atoms with van der Waals surface area (Å²) in [5, 5.41) is 0.626. The van der Waals surface area contributed by atoms with Gasteiger partial charge in [0.25, 0.3) is 5.56 Å². The zero-order valence-electron chi connectivity index (χ0n) is 17.4. The number of ether oxygens (including phenoxy) is 2. The van der Waals surface area contributed by atoms with Gasteiger partial charge in [0.1, 0.15) is 5.69 Å². The number of pyridine rings is 1. The molecule has 0 aliphatic carbocycles. The van der Waals surface area contributed by atoms with E-state index >= 15 is 0 Å². The van der Waals surface area contributed by atoms with Gasteiger partial charge < -0.3 is 18.5 Å². The molecule has 4 rings (SSSR count). The first kappa shape index (κ1) is 20.7. The van der Waals surface area contributed by atoms with Crippen molar-refractivity contribution in [2.24, 2.45) is 0 Å². The predicted octanol–water partition coefficient (Wildman–Crippen LogP) is 4.35. The molecule has 0 unspecified atom stereocenters. The number of thioether (sulfide) groups is 1. The Morgan fingerprint density at radius 1 is 1.00 bits per heavy atom. The zero-order valence-corrected chi connectivity index (χ0v) is 18.2. The van der Waals surface area contributed by atoms with E-state index in [9.17, 15) is 4.79 Å². The lowest BCUT2D eigenvalue weighted by molar-refractivity contribution is 0.354. The Balaban J connectivity index is 1.72. The Morgan fingerprint density at radius 2 is 1.81 bits per heavy atom. The van der Waals surface area contributed by atoms with Crippen LogP contribution in [0.4, 0.5) is 0 Å². The maximum atomic E-state index is 12.5. The fourth-order valence-electron chi connectivity index (χ4n) is 3.20. The van der Waals surface area contributed by atoms with E-state index in [1.165, 1.54) is 11.8 Å². The number of furan rings is 1. The number of aromatic nitrogens is 3. The van der Waals surface area contributed by atoms with E-state index in [0.29, 0.717) is 40.3 Å². The van der Waals surface area contributed by atoms with E-state index in [-0.39, 0.29) is 5.56 Å². The second-order valence-corrected chi connectivity index (χ2v) is 7.45. The van der Waals surface area contributed by atoms with Crippen LogP contribution in [0.3, 0.4) is 0 Å². The summed E-state index contributed by atoms with van der Waals surface area (Å²) in [6.07, 6.45) is 5.33. The van der Waals surface area contributed by atoms with Gasteiger partial charge in [0, 0.05) is 17.8 Å². The van der Waals surface area contributed by atoms with E-state index in [1.807, 2.05) is 42.7 Å². The van der Waals surface area contributed by atoms with Gasteiger partial charge in [0.2, 0.25) is 0 Å². The number of methoxy groups -OCH3 is 2. The SMILES string of the molecule is COc1ccc(Cn2cc(-c3cc(-c4ccco4)nc(SC)n3)ccc2=O)cc1OC. The van der Waals surface area contributed by atoms with Crippen LogP contribution in [0.25, 0.3) is 22.7 Å². The van der Waals surface area contributed by atoms with Crippen LogP contribution in [0.2, 0.25) is 0 Å². The first-order chi connectivity index (χ1) is 15.1. The third-order valence-corrected chi connectivity index (χ3v) is 5.29. The van der Waals surface area contributed by atoms with E-state index in [0.717, 1.165) is 11.1 Å². The minimum absolute atomic E-state index is 0.107. The summed E-state index contributed by atoms with van der Waals surface area (Å²) in [6, 6.07) is 14.4. The molecule has 3 heterocycles. The van der Waals surface area contributed by atoms with Crippen molar-refractivity contribution < 1.29 is 13.9 Å². The summed E-state index contributed by atoms with van der Waals surface area (Å²) in [4.78, 5) is 21.7. The Kier molecular flexibility index (Phi) is 6.08. The molecule has 0 radical (unpaired) electrons. The molecule has 0 N–H and O–H groups in total. The summed E-state index contributed by atoms with van der Waals surface area (Å²) in [7, 11) is 3.18. The van der Waals surface area contributed by atoms with Crippen LogP contribution in [0, 0.1) is 0 Å². The molecule has 0 saturated carbocycles. The molecule has 1 aromatic carbocycles. The van der Waals surface area contributed by atoms with Gasteiger partial charge in [0.15, 0.2) is 22.4 Å². The lowest BCUT2D eigenvalue weighted by Gasteiger charge is -2.12. The molecular formula is C23H21N3O4S. The summed E-state index contributed by atoms with van der Waals surface area (Å²) < 4.78 is 17.8. The minimum Gasteiger partial charge on any atom is -0.493 e. The number of hydrogen-bond acceptors (Lipinski definition) is 7. The van der Waals surface area contributed by atoms with Gasteiger partial charge in [-0.25, -0.2) is 9.97 Å². The molecule has 7 nitrogen and oxygen atoms in total. The van der Waals surface area contributed by atoms with Gasteiger partial charge in [-0.3, -0.25) is 4.79 Å². The van der Waals surface area contributed by atoms with Gasteiger partial charge >= 0.3 is 0 Å². The molecule has 31 heavy (non-hydrogen) atoms. The maximum absolute atomic E-state index is 12.5. The van der Waals surface area contributed by atoms with Gasteiger partial charge in [0.05, 0.1) is 32.7 Å². The summed E-state index contributed by atoms with van der Waals surface area (Å²) >= 11 is 1.45. The number of nitrogens with zero attached hydrogens (tertiary/aromatic N) is 3. The second-order valence-electron chi connectivity index (χ2n) is 6.68. The highest BCUT2D eigenvalue weighted by atomic mass is 32.2. The zero-order chi connectivity index (χ0) is 21.8. The van der Waals surface area contributed by atoms with Gasteiger partial charge in [-0.15, -0.1) is 0 Å². The van der Waals surface area contributed by atoms with Crippen molar-refractivity contribution in [2.45, 2.75) is 11.7 Å². The minimum atomic E-state index is -0.107. The summed E-state index contributed by atoms with van der Waals surface area (Å²) in [5.74, 6) is 1.92. The summed E-state index contributed by atoms with van der Waals surface area (Å²) in [5.41, 5.74) is 3.03. The smallest absolute Gasteiger partial charge is 0.250 e. The standard InChI is InChI=1S/C23H21N3O4S/c1-28-20-8-6-15(11-21(20)29-2)13-26-14-16(7-9-22(26)27)17-12-18(19-5-4-10-30-19)25-23(24-17)31-3/h4-12,14H,13H2,1-3H3. The average molecular weight is 436 g/mol. The Labute approximate surface area is 183 Å². The van der Waals surface area contributed by atoms with Crippen LogP contribution >= 0.6 is 11.8 Å². The molecule has 0 saturated heterocycles. The van der Waals surface area contributed by atoms with E-state index in [4.69, 9.17) is 13.9 Å². The fourth-order valence-corrected chi connectivity index (χ4v) is 3.58. The monoisotopic (exact) mass is 435 g/mol. The largest absolute Gasteiger partial charge is 0.493 e. The molecule has 3 aromatic heterocycles. The Morgan fingerprint density at radius 3 is 2.52 bits per heavy atom. The molecule has 4 aromatic rings. The first-order valence-corrected chi connectivity index (χ1v) is 10.7. The second kappa shape index (κ2) is 9.09. The Bertz CT molecular complexity index is 1250. The summed E-state index contributed by atoms with van der Waals surface area (Å²) in [6.45, 7) is 0.387. The molecule has 158 valence electrons. The van der Waals surface area contributed by atoms with Gasteiger partial charge in [-0.05, 0) is 48.2 Å². The average Bonchev–Trinajstić information content (AvgIpc) is 3.35. The van der Waals surface area contributed by atoms with Crippen molar-refractivity contribution in [1.29, 1.82) is 0 Å². The number of hydrogen-bond donors (Lipinski definition) is 0. The van der Waals surface area contributed by atoms with Gasteiger partial charge in [-0.2, -0.15) is 0 Å². The molecule has 8 heteroatoms. The van der Waals surface area contributed by atoms with E-state index in [2.05, 4.69) is 9.97 Å². The quantitative estimate of drug-likeness (QED) is 0.315. The van der Waals surface area contributed by atoms with E-state index in [1.54, 1.807) is 43.4 Å². The molecule has 0 aliphatic heterocycles. The van der Waals surface area contributed by atoms with Gasteiger partial charge in [-0.1, -0.05) is 17.8 Å². The molecule has 0 aliphatic rings. The van der Waals surface area contributed by atoms with Crippen molar-refractivity contribution in [1.82, 2.24) is 14.5 Å². The lowest BCUT2D eigenvalue weighted by Crippen LogP contribution is -2.19. The van der Waals surface area contributed by atoms with Crippen molar-refractivity contribution in [3.8, 4) is 34.2 Å². The van der Waals surface area contributed by atoms with Crippen molar-refractivity contribution >= 4 is 11.8 Å². The lowest BCUT2D eigenvalue weighted by atomic mass is 10.1. The molecular weight excluding hydrogens is 414 g/mol. The highest BCUT2D eigenvalue weighted by molar-refractivity contribution is 7.98. The molecule has 0 fully saturated rings. The van der Waals surface area contributed by atoms with Crippen LogP contribution in [0.5, 0.6) is 11.5 Å². The van der Waals surface area contributed by atoms with E-state index < -0.39 is 0 Å². The molecule has 0 amide bonds. The predicted molar refractivity (Wildman–Crippen MR) is 120 cm³/mol. The van der Waals surface area contributed by atoms with Crippen molar-refractivity contribution in [2.75, 3.05) is 20.5 Å². The van der Waals surface area contributed by atoms with Crippen molar-refractivity contribution in [3.05, 3.63) is 76.9 Å². The van der Waals surface area contributed by atoms with Crippen LogP contribution in [-0.4, -0.2) is 35.0 Å². The highest BCUT2D eigenvalue weighted by Gasteiger charge is 2.12. The maximum Gasteiger partial charge on any atom is 0.250 e. The van der Waals surface area contributed by atoms with Crippen LogP contribution in [0.15, 0.2) is 75.4 Å². The van der Waals surface area contributed by atoms with Crippen LogP contribution < -0.4 is 15.0 Å². The normalized spacial score (nSPS) is 10.8. The molecule has 0 spiro atoms. The number of rotatable bonds is 7. The molecule has 0 bridgehead atoms. The van der Waals surface area contributed by atoms with Crippen molar-refractivity contribution in [3.63, 3.8) is 0 Å². The first-order valence-electron chi connectivity index (χ1n) is 9.50. The third kappa shape index (κ3) is 4.49. The van der Waals surface area contributed by atoms with Crippen LogP contribution in [0.1, 0.15) is 5.56 Å². The topological polar surface area (TPSA) is 79.4 Å². The van der Waals surface area contributed by atoms with Crippen LogP contribution in [-0.2, 0) is 6.54 Å². The third-order valence-electron chi connectivity index (χ3n) is 4.74.